The molecule has 5 nitrogen and oxygen atoms in total. The van der Waals surface area contributed by atoms with Crippen LogP contribution in [-0.2, 0) is 14.3 Å². The Kier molecular flexibility index (Phi) is 4.04. The summed E-state index contributed by atoms with van der Waals surface area (Å²) in [6.45, 7) is 6.36. The maximum absolute atomic E-state index is 11.2. The van der Waals surface area contributed by atoms with Gasteiger partial charge in [-0.05, 0) is 38.1 Å². The molecule has 0 N–H and O–H groups in total. The van der Waals surface area contributed by atoms with Gasteiger partial charge in [0.2, 0.25) is 0 Å². The van der Waals surface area contributed by atoms with Crippen LogP contribution in [0.15, 0.2) is 24.3 Å². The number of hydrogen-bond acceptors (Lipinski definition) is 5. The Labute approximate surface area is 112 Å². The molecule has 0 radical (unpaired) electrons. The highest BCUT2D eigenvalue weighted by atomic mass is 16.6. The SMILES string of the molecule is CCN(CC)c1ccc(N2CC(=O)OC(=O)C2)cc1. The van der Waals surface area contributed by atoms with E-state index in [0.29, 0.717) is 0 Å². The minimum Gasteiger partial charge on any atom is -0.390 e. The Morgan fingerprint density at radius 2 is 1.58 bits per heavy atom. The molecule has 19 heavy (non-hydrogen) atoms. The molecule has 1 heterocycles. The summed E-state index contributed by atoms with van der Waals surface area (Å²) in [7, 11) is 0. The van der Waals surface area contributed by atoms with Gasteiger partial charge in [-0.25, -0.2) is 9.59 Å². The molecule has 1 aliphatic heterocycles. The third-order valence-corrected chi connectivity index (χ3v) is 3.21. The number of hydrogen-bond donors (Lipinski definition) is 0. The second-order valence-corrected chi connectivity index (χ2v) is 4.39. The fourth-order valence-electron chi connectivity index (χ4n) is 2.20. The van der Waals surface area contributed by atoms with E-state index in [0.717, 1.165) is 24.5 Å². The van der Waals surface area contributed by atoms with Crippen LogP contribution in [0.25, 0.3) is 0 Å². The Bertz CT molecular complexity index is 450. The van der Waals surface area contributed by atoms with E-state index in [-0.39, 0.29) is 13.1 Å². The number of morpholine rings is 1. The van der Waals surface area contributed by atoms with E-state index >= 15 is 0 Å². The third-order valence-electron chi connectivity index (χ3n) is 3.21. The second kappa shape index (κ2) is 5.73. The van der Waals surface area contributed by atoms with Crippen LogP contribution in [0.1, 0.15) is 13.8 Å². The molecule has 0 amide bonds. The Balaban J connectivity index is 2.13. The fourth-order valence-corrected chi connectivity index (χ4v) is 2.20. The summed E-state index contributed by atoms with van der Waals surface area (Å²) >= 11 is 0. The van der Waals surface area contributed by atoms with Gasteiger partial charge < -0.3 is 14.5 Å². The number of carbonyl (C=O) groups excluding carboxylic acids is 2. The highest BCUT2D eigenvalue weighted by Gasteiger charge is 2.24. The Morgan fingerprint density at radius 1 is 1.05 bits per heavy atom. The molecule has 1 saturated heterocycles. The lowest BCUT2D eigenvalue weighted by molar-refractivity contribution is -0.160. The van der Waals surface area contributed by atoms with E-state index in [9.17, 15) is 9.59 Å². The van der Waals surface area contributed by atoms with Crippen molar-refractivity contribution in [2.24, 2.45) is 0 Å². The molecule has 0 aromatic heterocycles. The van der Waals surface area contributed by atoms with Crippen molar-refractivity contribution in [3.63, 3.8) is 0 Å². The summed E-state index contributed by atoms with van der Waals surface area (Å²) in [6, 6.07) is 7.87. The van der Waals surface area contributed by atoms with Crippen LogP contribution in [-0.4, -0.2) is 38.1 Å². The van der Waals surface area contributed by atoms with E-state index in [1.54, 1.807) is 4.90 Å². The highest BCUT2D eigenvalue weighted by molar-refractivity contribution is 5.94. The number of carbonyl (C=O) groups is 2. The van der Waals surface area contributed by atoms with Gasteiger partial charge in [-0.2, -0.15) is 0 Å². The van der Waals surface area contributed by atoms with Crippen LogP contribution in [0.3, 0.4) is 0 Å². The molecular weight excluding hydrogens is 244 g/mol. The van der Waals surface area contributed by atoms with Crippen molar-refractivity contribution in [1.82, 2.24) is 0 Å². The number of cyclic esters (lactones) is 2. The number of anilines is 2. The number of nitrogens with zero attached hydrogens (tertiary/aromatic N) is 2. The molecule has 1 aromatic carbocycles. The fraction of sp³-hybridized carbons (Fsp3) is 0.429. The lowest BCUT2D eigenvalue weighted by atomic mass is 10.2. The van der Waals surface area contributed by atoms with Gasteiger partial charge in [0.15, 0.2) is 0 Å². The smallest absolute Gasteiger partial charge is 0.333 e. The van der Waals surface area contributed by atoms with Crippen molar-refractivity contribution in [2.45, 2.75) is 13.8 Å². The van der Waals surface area contributed by atoms with Crippen LogP contribution in [0.2, 0.25) is 0 Å². The number of benzene rings is 1. The molecule has 1 aliphatic rings. The molecule has 0 atom stereocenters. The molecular formula is C14H18N2O3. The van der Waals surface area contributed by atoms with Gasteiger partial charge in [0.1, 0.15) is 13.1 Å². The van der Waals surface area contributed by atoms with Gasteiger partial charge in [0.25, 0.3) is 0 Å². The first-order chi connectivity index (χ1) is 9.13. The zero-order valence-corrected chi connectivity index (χ0v) is 11.3. The number of ether oxygens (including phenoxy) is 1. The minimum atomic E-state index is -0.496. The van der Waals surface area contributed by atoms with E-state index in [1.807, 2.05) is 24.3 Å². The third kappa shape index (κ3) is 3.05. The number of esters is 2. The average Bonchev–Trinajstić information content (AvgIpc) is 2.40. The zero-order valence-electron chi connectivity index (χ0n) is 11.3. The van der Waals surface area contributed by atoms with Gasteiger partial charge in [0.05, 0.1) is 0 Å². The van der Waals surface area contributed by atoms with Crippen LogP contribution < -0.4 is 9.80 Å². The Hall–Kier alpha value is -2.04. The number of rotatable bonds is 4. The summed E-state index contributed by atoms with van der Waals surface area (Å²) in [6.07, 6.45) is 0. The predicted octanol–water partition coefficient (Wildman–Crippen LogP) is 1.42. The average molecular weight is 262 g/mol. The zero-order chi connectivity index (χ0) is 13.8. The van der Waals surface area contributed by atoms with Crippen LogP contribution >= 0.6 is 0 Å². The first-order valence-corrected chi connectivity index (χ1v) is 6.47. The standard InChI is InChI=1S/C14H18N2O3/c1-3-15(4-2)11-5-7-12(8-6-11)16-9-13(17)19-14(18)10-16/h5-8H,3-4,9-10H2,1-2H3. The molecule has 102 valence electrons. The largest absolute Gasteiger partial charge is 0.390 e. The van der Waals surface area contributed by atoms with Gasteiger partial charge in [-0.3, -0.25) is 0 Å². The van der Waals surface area contributed by atoms with E-state index in [2.05, 4.69) is 23.5 Å². The molecule has 0 spiro atoms. The molecule has 0 bridgehead atoms. The monoisotopic (exact) mass is 262 g/mol. The normalized spacial score (nSPS) is 15.4. The summed E-state index contributed by atoms with van der Waals surface area (Å²) in [5.74, 6) is -0.992. The summed E-state index contributed by atoms with van der Waals surface area (Å²) in [5, 5.41) is 0. The molecule has 0 unspecified atom stereocenters. The van der Waals surface area contributed by atoms with E-state index in [4.69, 9.17) is 0 Å². The van der Waals surface area contributed by atoms with Crippen LogP contribution in [0.4, 0.5) is 11.4 Å². The van der Waals surface area contributed by atoms with Crippen molar-refractivity contribution in [2.75, 3.05) is 36.0 Å². The summed E-state index contributed by atoms with van der Waals surface area (Å²) in [4.78, 5) is 26.4. The molecule has 2 rings (SSSR count). The molecule has 1 aromatic rings. The van der Waals surface area contributed by atoms with Crippen LogP contribution in [0, 0.1) is 0 Å². The predicted molar refractivity (Wildman–Crippen MR) is 73.3 cm³/mol. The topological polar surface area (TPSA) is 49.9 Å². The maximum Gasteiger partial charge on any atom is 0.333 e. The lowest BCUT2D eigenvalue weighted by Crippen LogP contribution is -2.42. The van der Waals surface area contributed by atoms with Gasteiger partial charge in [0, 0.05) is 24.5 Å². The van der Waals surface area contributed by atoms with Crippen molar-refractivity contribution in [3.05, 3.63) is 24.3 Å². The highest BCUT2D eigenvalue weighted by Crippen LogP contribution is 2.21. The molecule has 1 fully saturated rings. The lowest BCUT2D eigenvalue weighted by Gasteiger charge is -2.27. The molecule has 0 aliphatic carbocycles. The molecule has 5 heteroatoms. The van der Waals surface area contributed by atoms with Crippen molar-refractivity contribution < 1.29 is 14.3 Å². The quantitative estimate of drug-likeness (QED) is 0.607. The summed E-state index contributed by atoms with van der Waals surface area (Å²) < 4.78 is 4.51. The second-order valence-electron chi connectivity index (χ2n) is 4.39. The first-order valence-electron chi connectivity index (χ1n) is 6.47. The van der Waals surface area contributed by atoms with Gasteiger partial charge >= 0.3 is 11.9 Å². The Morgan fingerprint density at radius 3 is 2.05 bits per heavy atom. The summed E-state index contributed by atoms with van der Waals surface area (Å²) in [5.41, 5.74) is 2.00. The van der Waals surface area contributed by atoms with E-state index in [1.165, 1.54) is 0 Å². The van der Waals surface area contributed by atoms with Crippen LogP contribution in [0.5, 0.6) is 0 Å². The minimum absolute atomic E-state index is 0.121. The van der Waals surface area contributed by atoms with E-state index < -0.39 is 11.9 Å². The van der Waals surface area contributed by atoms with Crippen molar-refractivity contribution >= 4 is 23.3 Å². The first kappa shape index (κ1) is 13.4. The van der Waals surface area contributed by atoms with Gasteiger partial charge in [-0.1, -0.05) is 0 Å². The van der Waals surface area contributed by atoms with Crippen molar-refractivity contribution in [1.29, 1.82) is 0 Å². The van der Waals surface area contributed by atoms with Gasteiger partial charge in [-0.15, -0.1) is 0 Å². The maximum atomic E-state index is 11.2. The molecule has 0 saturated carbocycles. The van der Waals surface area contributed by atoms with Crippen molar-refractivity contribution in [3.8, 4) is 0 Å².